The highest BCUT2D eigenvalue weighted by molar-refractivity contribution is 9.10. The number of hydrogen-bond acceptors (Lipinski definition) is 2. The van der Waals surface area contributed by atoms with Crippen LogP contribution < -0.4 is 0 Å². The van der Waals surface area contributed by atoms with E-state index < -0.39 is 5.95 Å². The summed E-state index contributed by atoms with van der Waals surface area (Å²) in [5.74, 6) is -0.483. The van der Waals surface area contributed by atoms with Gasteiger partial charge in [0.1, 0.15) is 5.65 Å². The van der Waals surface area contributed by atoms with Crippen molar-refractivity contribution in [3.63, 3.8) is 0 Å². The summed E-state index contributed by atoms with van der Waals surface area (Å²) in [6.07, 6.45) is 5.16. The van der Waals surface area contributed by atoms with Crippen LogP contribution in [0, 0.1) is 5.95 Å². The van der Waals surface area contributed by atoms with Crippen LogP contribution in [-0.4, -0.2) is 14.4 Å². The molecule has 17 heavy (non-hydrogen) atoms. The van der Waals surface area contributed by atoms with Crippen LogP contribution in [0.15, 0.2) is 47.3 Å². The van der Waals surface area contributed by atoms with Crippen molar-refractivity contribution in [3.05, 3.63) is 53.3 Å². The summed E-state index contributed by atoms with van der Waals surface area (Å²) in [6, 6.07) is 6.86. The molecule has 0 aromatic carbocycles. The summed E-state index contributed by atoms with van der Waals surface area (Å²) < 4.78 is 15.7. The number of rotatable bonds is 1. The predicted molar refractivity (Wildman–Crippen MR) is 66.1 cm³/mol. The van der Waals surface area contributed by atoms with Gasteiger partial charge in [-0.25, -0.2) is 9.97 Å². The fourth-order valence-corrected chi connectivity index (χ4v) is 2.03. The summed E-state index contributed by atoms with van der Waals surface area (Å²) in [5.41, 5.74) is 2.55. The van der Waals surface area contributed by atoms with E-state index >= 15 is 0 Å². The molecule has 0 fully saturated rings. The number of fused-ring (bicyclic) bond motifs is 1. The highest BCUT2D eigenvalue weighted by atomic mass is 79.9. The second-order valence-electron chi connectivity index (χ2n) is 3.59. The molecular formula is C12H7BrFN3. The van der Waals surface area contributed by atoms with Gasteiger partial charge in [0.25, 0.3) is 0 Å². The SMILES string of the molecule is Fc1ccc(-c2cnc3ccc(Br)cn23)cn1. The first-order valence-corrected chi connectivity index (χ1v) is 5.78. The zero-order chi connectivity index (χ0) is 11.8. The second-order valence-corrected chi connectivity index (χ2v) is 4.50. The molecule has 5 heteroatoms. The molecule has 0 aliphatic rings. The Bertz CT molecular complexity index is 676. The highest BCUT2D eigenvalue weighted by Crippen LogP contribution is 2.22. The van der Waals surface area contributed by atoms with E-state index in [2.05, 4.69) is 25.9 Å². The minimum Gasteiger partial charge on any atom is -0.298 e. The molecular weight excluding hydrogens is 285 g/mol. The molecule has 0 radical (unpaired) electrons. The van der Waals surface area contributed by atoms with E-state index in [4.69, 9.17) is 0 Å². The number of imidazole rings is 1. The number of aromatic nitrogens is 3. The largest absolute Gasteiger partial charge is 0.298 e. The van der Waals surface area contributed by atoms with Crippen molar-refractivity contribution in [1.82, 2.24) is 14.4 Å². The third kappa shape index (κ3) is 1.82. The minimum atomic E-state index is -0.483. The van der Waals surface area contributed by atoms with Gasteiger partial charge >= 0.3 is 0 Å². The van der Waals surface area contributed by atoms with Gasteiger partial charge in [-0.2, -0.15) is 4.39 Å². The molecule has 84 valence electrons. The molecule has 3 aromatic heterocycles. The van der Waals surface area contributed by atoms with Gasteiger partial charge in [-0.15, -0.1) is 0 Å². The molecule has 3 heterocycles. The molecule has 0 aliphatic carbocycles. The first-order chi connectivity index (χ1) is 8.24. The fraction of sp³-hybridized carbons (Fsp3) is 0. The van der Waals surface area contributed by atoms with E-state index in [1.165, 1.54) is 12.3 Å². The summed E-state index contributed by atoms with van der Waals surface area (Å²) in [4.78, 5) is 7.92. The third-order valence-corrected chi connectivity index (χ3v) is 2.96. The molecule has 0 saturated carbocycles. The van der Waals surface area contributed by atoms with E-state index in [0.717, 1.165) is 21.4 Å². The lowest BCUT2D eigenvalue weighted by Crippen LogP contribution is -1.89. The van der Waals surface area contributed by atoms with Gasteiger partial charge in [-0.3, -0.25) is 4.40 Å². The van der Waals surface area contributed by atoms with Crippen LogP contribution in [0.5, 0.6) is 0 Å². The maximum atomic E-state index is 12.8. The summed E-state index contributed by atoms with van der Waals surface area (Å²) >= 11 is 3.41. The molecule has 3 aromatic rings. The van der Waals surface area contributed by atoms with E-state index in [0.29, 0.717) is 0 Å². The Hall–Kier alpha value is -1.75. The fourth-order valence-electron chi connectivity index (χ4n) is 1.70. The van der Waals surface area contributed by atoms with Crippen molar-refractivity contribution in [2.45, 2.75) is 0 Å². The summed E-state index contributed by atoms with van der Waals surface area (Å²) in [7, 11) is 0. The standard InChI is InChI=1S/C12H7BrFN3/c13-9-2-4-12-16-6-10(17(12)7-9)8-1-3-11(14)15-5-8/h1-7H. The molecule has 0 aliphatic heterocycles. The quantitative estimate of drug-likeness (QED) is 0.644. The van der Waals surface area contributed by atoms with Crippen LogP contribution in [0.3, 0.4) is 0 Å². The first-order valence-electron chi connectivity index (χ1n) is 4.98. The Morgan fingerprint density at radius 1 is 1.06 bits per heavy atom. The topological polar surface area (TPSA) is 30.2 Å². The molecule has 0 spiro atoms. The molecule has 0 atom stereocenters. The maximum absolute atomic E-state index is 12.8. The summed E-state index contributed by atoms with van der Waals surface area (Å²) in [6.45, 7) is 0. The van der Waals surface area contributed by atoms with Crippen LogP contribution in [0.1, 0.15) is 0 Å². The Balaban J connectivity index is 2.23. The normalized spacial score (nSPS) is 10.9. The predicted octanol–water partition coefficient (Wildman–Crippen LogP) is 3.30. The van der Waals surface area contributed by atoms with Gasteiger partial charge in [-0.05, 0) is 40.2 Å². The Labute approximate surface area is 105 Å². The Morgan fingerprint density at radius 3 is 2.71 bits per heavy atom. The van der Waals surface area contributed by atoms with E-state index in [1.54, 1.807) is 12.3 Å². The van der Waals surface area contributed by atoms with Crippen molar-refractivity contribution in [2.75, 3.05) is 0 Å². The average molecular weight is 292 g/mol. The van der Waals surface area contributed by atoms with Crippen LogP contribution in [0.2, 0.25) is 0 Å². The molecule has 0 amide bonds. The second kappa shape index (κ2) is 3.92. The molecule has 3 nitrogen and oxygen atoms in total. The zero-order valence-corrected chi connectivity index (χ0v) is 10.2. The minimum absolute atomic E-state index is 0.483. The van der Waals surface area contributed by atoms with E-state index in [9.17, 15) is 4.39 Å². The van der Waals surface area contributed by atoms with Crippen molar-refractivity contribution in [1.29, 1.82) is 0 Å². The molecule has 3 rings (SSSR count). The Kier molecular flexibility index (Phi) is 2.40. The van der Waals surface area contributed by atoms with Crippen LogP contribution >= 0.6 is 15.9 Å². The van der Waals surface area contributed by atoms with Gasteiger partial charge in [0.05, 0.1) is 11.9 Å². The Morgan fingerprint density at radius 2 is 1.94 bits per heavy atom. The van der Waals surface area contributed by atoms with Crippen LogP contribution in [-0.2, 0) is 0 Å². The lowest BCUT2D eigenvalue weighted by atomic mass is 10.2. The maximum Gasteiger partial charge on any atom is 0.212 e. The van der Waals surface area contributed by atoms with E-state index in [-0.39, 0.29) is 0 Å². The third-order valence-electron chi connectivity index (χ3n) is 2.49. The molecule has 0 N–H and O–H groups in total. The van der Waals surface area contributed by atoms with Crippen molar-refractivity contribution >= 4 is 21.6 Å². The number of pyridine rings is 2. The monoisotopic (exact) mass is 291 g/mol. The zero-order valence-electron chi connectivity index (χ0n) is 8.64. The molecule has 0 saturated heterocycles. The van der Waals surface area contributed by atoms with Crippen molar-refractivity contribution < 1.29 is 4.39 Å². The highest BCUT2D eigenvalue weighted by Gasteiger charge is 2.06. The number of hydrogen-bond donors (Lipinski definition) is 0. The van der Waals surface area contributed by atoms with Gasteiger partial charge in [0.15, 0.2) is 0 Å². The van der Waals surface area contributed by atoms with Gasteiger partial charge in [-0.1, -0.05) is 0 Å². The molecule has 0 bridgehead atoms. The number of nitrogens with zero attached hydrogens (tertiary/aromatic N) is 3. The van der Waals surface area contributed by atoms with Crippen molar-refractivity contribution in [2.24, 2.45) is 0 Å². The number of halogens is 2. The van der Waals surface area contributed by atoms with Gasteiger partial charge < -0.3 is 0 Å². The van der Waals surface area contributed by atoms with Gasteiger partial charge in [0, 0.05) is 22.4 Å². The van der Waals surface area contributed by atoms with Crippen molar-refractivity contribution in [3.8, 4) is 11.3 Å². The molecule has 0 unspecified atom stereocenters. The smallest absolute Gasteiger partial charge is 0.212 e. The van der Waals surface area contributed by atoms with Crippen LogP contribution in [0.25, 0.3) is 16.9 Å². The summed E-state index contributed by atoms with van der Waals surface area (Å²) in [5, 5.41) is 0. The van der Waals surface area contributed by atoms with Crippen LogP contribution in [0.4, 0.5) is 4.39 Å². The lowest BCUT2D eigenvalue weighted by Gasteiger charge is -2.01. The first kappa shape index (κ1) is 10.4. The average Bonchev–Trinajstić information content (AvgIpc) is 2.73. The lowest BCUT2D eigenvalue weighted by molar-refractivity contribution is 0.584. The van der Waals surface area contributed by atoms with E-state index in [1.807, 2.05) is 22.7 Å². The van der Waals surface area contributed by atoms with Gasteiger partial charge in [0.2, 0.25) is 5.95 Å².